The predicted molar refractivity (Wildman–Crippen MR) is 546 cm³/mol. The summed E-state index contributed by atoms with van der Waals surface area (Å²) in [6.45, 7) is 52.7. The second kappa shape index (κ2) is 62.1. The Morgan fingerprint density at radius 1 is 0.331 bits per heavy atom. The molecule has 7 aliphatic rings. The molecule has 0 aliphatic carbocycles. The highest BCUT2D eigenvalue weighted by atomic mass is 16.6. The summed E-state index contributed by atoms with van der Waals surface area (Å²) >= 11 is 0. The fraction of sp³-hybridized carbons (Fsp3) is 0.768. The van der Waals surface area contributed by atoms with Crippen LogP contribution >= 0.6 is 0 Å². The summed E-state index contributed by atoms with van der Waals surface area (Å²) < 4.78 is 59.0. The molecule has 7 amide bonds. The lowest BCUT2D eigenvalue weighted by Gasteiger charge is -2.38. The number of carbonyl (C=O) groups is 11. The number of piperidine rings is 7. The minimum atomic E-state index is -1.24. The molecule has 2 aromatic rings. The molecule has 6 N–H and O–H groups in total. The van der Waals surface area contributed by atoms with Crippen molar-refractivity contribution in [2.24, 2.45) is 84.6 Å². The van der Waals surface area contributed by atoms with Gasteiger partial charge < -0.3 is 113 Å². The first-order chi connectivity index (χ1) is 68.9. The number of nitrogens with two attached hydrogens (primary N) is 1. The van der Waals surface area contributed by atoms with Gasteiger partial charge in [0.2, 0.25) is 12.2 Å². The van der Waals surface area contributed by atoms with Gasteiger partial charge in [0.25, 0.3) is 0 Å². The number of hydrogen-bond acceptors (Lipinski definition) is 32. The van der Waals surface area contributed by atoms with Crippen molar-refractivity contribution < 1.29 is 125 Å². The number of benzene rings is 2. The van der Waals surface area contributed by atoms with Crippen LogP contribution in [0.4, 0.5) is 33.6 Å². The second-order valence-corrected chi connectivity index (χ2v) is 44.2. The minimum absolute atomic E-state index is 0.0384. The standard InChI is InChI=1S/2C21H28N4O6.C12H22N4O2.C12H24N2O2.2C11H20N4O3.C11H21NO4/c2*1-14(26)29-18(15-8-6-5-7-9-15)19(27)30-17-13-25(20(28)31-21(2,3)4)11-10-16(17)12-23-24-22;1-9-8-16(11(17)18-12(2,3)4)6-5-10(9)7-14-15-13;1-9-8-14(6-5-10(9)7-13)11(15)16-12(2,3)4;2*1-11(2,3)18-10(17)15-5-4-8(6-13-14-12)9(16)7-15;1-11(2,3)16-10(15)12-5-4-8(7-13)9(14)6-12/h2*5-9,16-18H,10-13H2,1-4H3;9-10H,5-8H2,1-4H3;9-10H,5-8,13H2,1-4H3;2*8-9,16H,4-7H2,1-3H3;8-9,13-14H,4-7H2,1-3H3/t16-,17+,18+;16-,17+,18-;2*9-,10+;3*8-,9+/m0100111/s1. The van der Waals surface area contributed by atoms with Gasteiger partial charge >= 0.3 is 66.5 Å². The van der Waals surface area contributed by atoms with Crippen molar-refractivity contribution in [2.75, 3.05) is 138 Å². The normalized spacial score (nSPS) is 22.8. The van der Waals surface area contributed by atoms with Gasteiger partial charge in [-0.15, -0.1) is 0 Å². The number of aliphatic hydroxyl groups excluding tert-OH is 4. The highest BCUT2D eigenvalue weighted by molar-refractivity contribution is 5.81. The molecule has 49 heteroatoms. The molecular formula is C99H163N23O26. The molecular weight excluding hydrogens is 1930 g/mol. The SMILES string of the molecule is CC(=O)O[C@@H](C(=O)O[C@@H]1CN(C(=O)OC(C)(C)C)CC[C@H]1CN=[N+]=[N-])c1ccccc1.CC(=O)O[C@@H](C(=O)O[C@H]1CN(C(=O)OC(C)(C)C)CC[C@@H]1CN=[N+]=[N-])c1ccccc1.CC(C)(C)OC(=O)N1CC[C@H](CN=[N+]=[N-])[C@@H](O)C1.CC(C)(C)OC(=O)N1CC[C@H](CN=[N+]=[N-])[C@@H](O)C1.CC(C)(C)OC(=O)N1CC[C@H](CO)[C@@H](O)C1.C[C@H]1CN(C(=O)OC(C)(C)C)CC[C@@H]1CN.C[C@H]1CN(C(=O)OC(C)(C)C)CC[C@@H]1CN=[N+]=[N-]. The molecule has 830 valence electrons. The van der Waals surface area contributed by atoms with Crippen LogP contribution in [0.3, 0.4) is 0 Å². The third-order valence-corrected chi connectivity index (χ3v) is 23.5. The number of nitrogens with zero attached hydrogens (tertiary/aromatic N) is 22. The molecule has 7 aliphatic heterocycles. The van der Waals surface area contributed by atoms with E-state index in [9.17, 15) is 68.1 Å². The van der Waals surface area contributed by atoms with Crippen molar-refractivity contribution in [3.05, 3.63) is 124 Å². The molecule has 16 atom stereocenters. The zero-order valence-electron chi connectivity index (χ0n) is 91.0. The van der Waals surface area contributed by atoms with Crippen molar-refractivity contribution >= 4 is 66.5 Å². The van der Waals surface area contributed by atoms with Crippen LogP contribution in [0.15, 0.2) is 86.2 Å². The molecule has 0 bridgehead atoms. The molecule has 7 saturated heterocycles. The lowest BCUT2D eigenvalue weighted by molar-refractivity contribution is -0.175. The smallest absolute Gasteiger partial charge is 0.410 e. The van der Waals surface area contributed by atoms with Crippen molar-refractivity contribution in [2.45, 2.75) is 300 Å². The van der Waals surface area contributed by atoms with Crippen molar-refractivity contribution in [1.29, 1.82) is 0 Å². The van der Waals surface area contributed by atoms with Gasteiger partial charge in [-0.1, -0.05) is 100 Å². The van der Waals surface area contributed by atoms with Crippen molar-refractivity contribution in [3.63, 3.8) is 0 Å². The third-order valence-electron chi connectivity index (χ3n) is 23.5. The summed E-state index contributed by atoms with van der Waals surface area (Å²) in [5.74, 6) is -1.95. The Hall–Kier alpha value is -12.4. The summed E-state index contributed by atoms with van der Waals surface area (Å²) in [7, 11) is 0. The number of likely N-dealkylation sites (tertiary alicyclic amines) is 7. The molecule has 7 fully saturated rings. The largest absolute Gasteiger partial charge is 0.457 e. The Morgan fingerprint density at radius 2 is 0.541 bits per heavy atom. The van der Waals surface area contributed by atoms with E-state index in [1.54, 1.807) is 154 Å². The molecule has 0 radical (unpaired) electrons. The van der Waals surface area contributed by atoms with E-state index in [1.165, 1.54) is 38.3 Å². The highest BCUT2D eigenvalue weighted by Gasteiger charge is 2.43. The third kappa shape index (κ3) is 51.5. The Morgan fingerprint density at radius 3 is 0.757 bits per heavy atom. The predicted octanol–water partition coefficient (Wildman–Crippen LogP) is 17.0. The maximum Gasteiger partial charge on any atom is 0.410 e. The molecule has 0 spiro atoms. The van der Waals surface area contributed by atoms with E-state index < -0.39 is 136 Å². The summed E-state index contributed by atoms with van der Waals surface area (Å²) in [5, 5.41) is 56.2. The first kappa shape index (κ1) is 130. The Balaban J connectivity index is 0.000000452. The lowest BCUT2D eigenvalue weighted by atomic mass is 9.87. The molecule has 7 heterocycles. The molecule has 0 unspecified atom stereocenters. The fourth-order valence-corrected chi connectivity index (χ4v) is 15.9. The van der Waals surface area contributed by atoms with Crippen LogP contribution in [0.5, 0.6) is 0 Å². The van der Waals surface area contributed by atoms with E-state index in [1.807, 2.05) is 62.3 Å². The summed E-state index contributed by atoms with van der Waals surface area (Å²) in [5.41, 5.74) is 45.0. The molecule has 148 heavy (non-hydrogen) atoms. The molecule has 9 rings (SSSR count). The average Bonchev–Trinajstić information content (AvgIpc) is 0.826. The number of ether oxygens (including phenoxy) is 11. The second-order valence-electron chi connectivity index (χ2n) is 44.2. The van der Waals surface area contributed by atoms with Crippen LogP contribution in [-0.2, 0) is 71.3 Å². The van der Waals surface area contributed by atoms with E-state index in [4.69, 9.17) is 90.6 Å². The van der Waals surface area contributed by atoms with E-state index in [0.29, 0.717) is 126 Å². The van der Waals surface area contributed by atoms with Crippen LogP contribution in [0.1, 0.15) is 241 Å². The van der Waals surface area contributed by atoms with E-state index in [2.05, 4.69) is 64.0 Å². The van der Waals surface area contributed by atoms with Crippen LogP contribution in [-0.4, -0.2) is 328 Å². The zero-order valence-corrected chi connectivity index (χ0v) is 91.0. The maximum atomic E-state index is 12.9. The summed E-state index contributed by atoms with van der Waals surface area (Å²) in [6.07, 6.45) is -4.10. The van der Waals surface area contributed by atoms with Gasteiger partial charge in [0, 0.05) is 166 Å². The number of aliphatic hydroxyl groups is 4. The van der Waals surface area contributed by atoms with Gasteiger partial charge in [-0.3, -0.25) is 9.59 Å². The lowest BCUT2D eigenvalue weighted by Crippen LogP contribution is -2.50. The van der Waals surface area contributed by atoms with E-state index in [0.717, 1.165) is 25.9 Å². The van der Waals surface area contributed by atoms with Crippen LogP contribution in [0, 0.1) is 53.3 Å². The molecule has 0 aromatic heterocycles. The maximum absolute atomic E-state index is 12.9. The van der Waals surface area contributed by atoms with Gasteiger partial charge in [0.1, 0.15) is 51.4 Å². The Labute approximate surface area is 868 Å². The van der Waals surface area contributed by atoms with Crippen molar-refractivity contribution in [1.82, 2.24) is 34.3 Å². The zero-order chi connectivity index (χ0) is 112. The van der Waals surface area contributed by atoms with Crippen molar-refractivity contribution in [3.8, 4) is 0 Å². The number of rotatable bonds is 20. The number of carbonyl (C=O) groups excluding carboxylic acids is 11. The molecule has 0 saturated carbocycles. The van der Waals surface area contributed by atoms with Crippen LogP contribution in [0.25, 0.3) is 52.2 Å². The first-order valence-corrected chi connectivity index (χ1v) is 50.0. The number of hydrogen-bond donors (Lipinski definition) is 5. The molecule has 2 aromatic carbocycles. The van der Waals surface area contributed by atoms with Gasteiger partial charge in [-0.05, 0) is 260 Å². The monoisotopic (exact) mass is 2090 g/mol. The van der Waals surface area contributed by atoms with Gasteiger partial charge in [0.05, 0.1) is 51.0 Å². The van der Waals surface area contributed by atoms with E-state index in [-0.39, 0.29) is 107 Å². The van der Waals surface area contributed by atoms with Gasteiger partial charge in [-0.25, -0.2) is 43.2 Å². The minimum Gasteiger partial charge on any atom is -0.457 e. The van der Waals surface area contributed by atoms with E-state index >= 15 is 0 Å². The van der Waals surface area contributed by atoms with Crippen LogP contribution < -0.4 is 5.73 Å². The summed E-state index contributed by atoms with van der Waals surface area (Å²) in [6, 6.07) is 17.0. The quantitative estimate of drug-likeness (QED) is 0.0270. The van der Waals surface area contributed by atoms with Gasteiger partial charge in [-0.2, -0.15) is 0 Å². The first-order valence-electron chi connectivity index (χ1n) is 50.0. The Kier molecular flexibility index (Phi) is 54.4. The highest BCUT2D eigenvalue weighted by Crippen LogP contribution is 2.34. The number of azide groups is 5. The number of β-amino-alcohol motifs (C(OH)–C–C–N with tert-alkyl or cyclic N) is 3. The number of esters is 4. The topological polar surface area (TPSA) is 663 Å². The molecule has 49 nitrogen and oxygen atoms in total. The fourth-order valence-electron chi connectivity index (χ4n) is 15.9. The van der Waals surface area contributed by atoms with Gasteiger partial charge in [0.15, 0.2) is 0 Å². The number of amides is 7. The summed E-state index contributed by atoms with van der Waals surface area (Å²) in [4.78, 5) is 158. The average molecular weight is 2090 g/mol. The van der Waals surface area contributed by atoms with Crippen LogP contribution in [0.2, 0.25) is 0 Å². The Bertz CT molecular complexity index is 4430.